The van der Waals surface area contributed by atoms with Crippen molar-refractivity contribution >= 4 is 34.5 Å². The zero-order valence-corrected chi connectivity index (χ0v) is 12.9. The number of carbonyl (C=O) groups is 1. The monoisotopic (exact) mass is 338 g/mol. The third-order valence-electron chi connectivity index (χ3n) is 3.00. The largest absolute Gasteiger partial charge is 0.416 e. The third-order valence-corrected chi connectivity index (χ3v) is 3.20. The molecule has 2 aromatic rings. The van der Waals surface area contributed by atoms with Gasteiger partial charge >= 0.3 is 6.18 Å². The smallest absolute Gasteiger partial charge is 0.332 e. The molecule has 0 saturated heterocycles. The van der Waals surface area contributed by atoms with Crippen molar-refractivity contribution in [3.05, 3.63) is 59.7 Å². The van der Waals surface area contributed by atoms with Crippen molar-refractivity contribution in [2.24, 2.45) is 0 Å². The molecular formula is C16H13F3N2OS. The standard InChI is InChI=1S/C16H13F3N2OS/c1-10(22)11-3-2-4-14(9-11)21-15(23)20-13-7-5-12(6-8-13)16(17,18)19/h2-9H,1H3,(H2,20,21,23). The topological polar surface area (TPSA) is 41.1 Å². The molecule has 0 aliphatic heterocycles. The first-order chi connectivity index (χ1) is 10.8. The summed E-state index contributed by atoms with van der Waals surface area (Å²) in [5.74, 6) is -0.0738. The van der Waals surface area contributed by atoms with Crippen LogP contribution in [0.15, 0.2) is 48.5 Å². The number of nitrogens with one attached hydrogen (secondary N) is 2. The molecule has 2 aromatic carbocycles. The van der Waals surface area contributed by atoms with Crippen LogP contribution in [0.25, 0.3) is 0 Å². The molecule has 0 aliphatic carbocycles. The molecule has 0 radical (unpaired) electrons. The fourth-order valence-electron chi connectivity index (χ4n) is 1.85. The summed E-state index contributed by atoms with van der Waals surface area (Å²) in [5, 5.41) is 5.88. The van der Waals surface area contributed by atoms with Gasteiger partial charge in [-0.15, -0.1) is 0 Å². The number of hydrogen-bond acceptors (Lipinski definition) is 2. The molecule has 2 N–H and O–H groups in total. The van der Waals surface area contributed by atoms with E-state index in [1.165, 1.54) is 19.1 Å². The highest BCUT2D eigenvalue weighted by molar-refractivity contribution is 7.80. The van der Waals surface area contributed by atoms with Gasteiger partial charge in [-0.1, -0.05) is 12.1 Å². The van der Waals surface area contributed by atoms with Gasteiger partial charge in [-0.3, -0.25) is 4.79 Å². The second-order valence-corrected chi connectivity index (χ2v) is 5.20. The second kappa shape index (κ2) is 6.78. The van der Waals surface area contributed by atoms with Crippen molar-refractivity contribution in [2.75, 3.05) is 10.6 Å². The van der Waals surface area contributed by atoms with E-state index < -0.39 is 11.7 Å². The number of thiocarbonyl (C=S) groups is 1. The molecule has 0 unspecified atom stereocenters. The molecule has 0 amide bonds. The van der Waals surface area contributed by atoms with E-state index in [0.29, 0.717) is 16.9 Å². The van der Waals surface area contributed by atoms with Crippen molar-refractivity contribution in [1.82, 2.24) is 0 Å². The lowest BCUT2D eigenvalue weighted by atomic mass is 10.1. The van der Waals surface area contributed by atoms with Crippen LogP contribution in [-0.4, -0.2) is 10.9 Å². The summed E-state index contributed by atoms with van der Waals surface area (Å²) in [6.07, 6.45) is -4.37. The van der Waals surface area contributed by atoms with E-state index in [4.69, 9.17) is 12.2 Å². The molecule has 0 aromatic heterocycles. The molecule has 23 heavy (non-hydrogen) atoms. The summed E-state index contributed by atoms with van der Waals surface area (Å²) in [5.41, 5.74) is 0.851. The van der Waals surface area contributed by atoms with Gasteiger partial charge in [0.25, 0.3) is 0 Å². The van der Waals surface area contributed by atoms with Crippen LogP contribution in [-0.2, 0) is 6.18 Å². The maximum absolute atomic E-state index is 12.5. The Morgan fingerprint density at radius 1 is 1.00 bits per heavy atom. The average molecular weight is 338 g/mol. The van der Waals surface area contributed by atoms with Crippen LogP contribution < -0.4 is 10.6 Å². The van der Waals surface area contributed by atoms with Gasteiger partial charge in [-0.2, -0.15) is 13.2 Å². The summed E-state index contributed by atoms with van der Waals surface area (Å²) in [6, 6.07) is 11.3. The Morgan fingerprint density at radius 2 is 1.61 bits per heavy atom. The number of ketones is 1. The Hall–Kier alpha value is -2.41. The van der Waals surface area contributed by atoms with Crippen LogP contribution in [0.1, 0.15) is 22.8 Å². The molecule has 0 heterocycles. The summed E-state index contributed by atoms with van der Waals surface area (Å²) in [6.45, 7) is 1.46. The number of rotatable bonds is 3. The van der Waals surface area contributed by atoms with Gasteiger partial charge in [0.1, 0.15) is 0 Å². The zero-order chi connectivity index (χ0) is 17.0. The molecule has 0 bridgehead atoms. The van der Waals surface area contributed by atoms with Gasteiger partial charge in [0.15, 0.2) is 10.9 Å². The molecule has 120 valence electrons. The molecule has 7 heteroatoms. The second-order valence-electron chi connectivity index (χ2n) is 4.79. The zero-order valence-electron chi connectivity index (χ0n) is 12.1. The molecule has 0 atom stereocenters. The number of halogens is 3. The van der Waals surface area contributed by atoms with Crippen LogP contribution in [0, 0.1) is 0 Å². The Balaban J connectivity index is 2.02. The van der Waals surface area contributed by atoms with E-state index in [1.54, 1.807) is 24.3 Å². The first-order valence-corrected chi connectivity index (χ1v) is 7.03. The molecule has 0 aliphatic rings. The minimum absolute atomic E-state index is 0.0738. The number of Topliss-reactive ketones (excluding diaryl/α,β-unsaturated/α-hetero) is 1. The van der Waals surface area contributed by atoms with Crippen molar-refractivity contribution in [3.8, 4) is 0 Å². The molecule has 0 spiro atoms. The fraction of sp³-hybridized carbons (Fsp3) is 0.125. The van der Waals surface area contributed by atoms with Gasteiger partial charge in [0, 0.05) is 16.9 Å². The maximum Gasteiger partial charge on any atom is 0.416 e. The van der Waals surface area contributed by atoms with Crippen molar-refractivity contribution in [2.45, 2.75) is 13.1 Å². The summed E-state index contributed by atoms with van der Waals surface area (Å²) < 4.78 is 37.5. The predicted molar refractivity (Wildman–Crippen MR) is 87.7 cm³/mol. The van der Waals surface area contributed by atoms with E-state index in [0.717, 1.165) is 12.1 Å². The first-order valence-electron chi connectivity index (χ1n) is 6.62. The number of alkyl halides is 3. The van der Waals surface area contributed by atoms with Gasteiger partial charge in [-0.05, 0) is 55.5 Å². The SMILES string of the molecule is CC(=O)c1cccc(NC(=S)Nc2ccc(C(F)(F)F)cc2)c1. The molecule has 0 saturated carbocycles. The minimum Gasteiger partial charge on any atom is -0.332 e. The highest BCUT2D eigenvalue weighted by Gasteiger charge is 2.29. The summed E-state index contributed by atoms with van der Waals surface area (Å²) in [4.78, 5) is 11.3. The van der Waals surface area contributed by atoms with Crippen molar-refractivity contribution in [1.29, 1.82) is 0 Å². The Labute approximate surface area is 136 Å². The molecular weight excluding hydrogens is 325 g/mol. The van der Waals surface area contributed by atoms with Crippen LogP contribution in [0.4, 0.5) is 24.5 Å². The van der Waals surface area contributed by atoms with Crippen LogP contribution in [0.5, 0.6) is 0 Å². The van der Waals surface area contributed by atoms with Crippen molar-refractivity contribution < 1.29 is 18.0 Å². The Kier molecular flexibility index (Phi) is 5.00. The minimum atomic E-state index is -4.37. The van der Waals surface area contributed by atoms with Crippen LogP contribution in [0.2, 0.25) is 0 Å². The maximum atomic E-state index is 12.5. The summed E-state index contributed by atoms with van der Waals surface area (Å²) >= 11 is 5.10. The van der Waals surface area contributed by atoms with Gasteiger partial charge in [0.05, 0.1) is 5.56 Å². The molecule has 2 rings (SSSR count). The molecule has 0 fully saturated rings. The Bertz CT molecular complexity index is 727. The van der Waals surface area contributed by atoms with Crippen LogP contribution >= 0.6 is 12.2 Å². The predicted octanol–water partition coefficient (Wildman–Crippen LogP) is 4.72. The van der Waals surface area contributed by atoms with Crippen LogP contribution in [0.3, 0.4) is 0 Å². The average Bonchev–Trinajstić information content (AvgIpc) is 2.47. The number of carbonyl (C=O) groups excluding carboxylic acids is 1. The van der Waals surface area contributed by atoms with E-state index in [2.05, 4.69) is 10.6 Å². The number of benzene rings is 2. The van der Waals surface area contributed by atoms with E-state index in [-0.39, 0.29) is 10.9 Å². The molecule has 3 nitrogen and oxygen atoms in total. The Morgan fingerprint density at radius 3 is 2.17 bits per heavy atom. The summed E-state index contributed by atoms with van der Waals surface area (Å²) in [7, 11) is 0. The quantitative estimate of drug-likeness (QED) is 0.628. The van der Waals surface area contributed by atoms with E-state index in [1.807, 2.05) is 0 Å². The number of hydrogen-bond donors (Lipinski definition) is 2. The van der Waals surface area contributed by atoms with E-state index in [9.17, 15) is 18.0 Å². The van der Waals surface area contributed by atoms with E-state index >= 15 is 0 Å². The third kappa shape index (κ3) is 4.79. The highest BCUT2D eigenvalue weighted by atomic mass is 32.1. The lowest BCUT2D eigenvalue weighted by Crippen LogP contribution is -2.19. The normalized spacial score (nSPS) is 11.0. The highest BCUT2D eigenvalue weighted by Crippen LogP contribution is 2.29. The lowest BCUT2D eigenvalue weighted by Gasteiger charge is -2.12. The number of anilines is 2. The van der Waals surface area contributed by atoms with Gasteiger partial charge in [-0.25, -0.2) is 0 Å². The van der Waals surface area contributed by atoms with Gasteiger partial charge < -0.3 is 10.6 Å². The lowest BCUT2D eigenvalue weighted by molar-refractivity contribution is -0.137. The van der Waals surface area contributed by atoms with Crippen molar-refractivity contribution in [3.63, 3.8) is 0 Å². The fourth-order valence-corrected chi connectivity index (χ4v) is 2.09. The van der Waals surface area contributed by atoms with Gasteiger partial charge in [0.2, 0.25) is 0 Å². The first kappa shape index (κ1) is 17.0.